The zero-order valence-electron chi connectivity index (χ0n) is 11.5. The molecule has 1 saturated carbocycles. The molecule has 0 radical (unpaired) electrons. The molecule has 1 amide bonds. The van der Waals surface area contributed by atoms with Crippen LogP contribution in [-0.2, 0) is 4.79 Å². The van der Waals surface area contributed by atoms with Crippen molar-refractivity contribution in [2.75, 3.05) is 20.8 Å². The van der Waals surface area contributed by atoms with Gasteiger partial charge in [0.25, 0.3) is 5.91 Å². The molecule has 1 aromatic carbocycles. The summed E-state index contributed by atoms with van der Waals surface area (Å²) >= 11 is 0. The number of methoxy groups -OCH3 is 2. The number of carboxylic acid groups (broad SMARTS) is 1. The van der Waals surface area contributed by atoms with E-state index >= 15 is 0 Å². The van der Waals surface area contributed by atoms with Crippen LogP contribution in [0.5, 0.6) is 11.5 Å². The van der Waals surface area contributed by atoms with Crippen LogP contribution in [-0.4, -0.2) is 48.7 Å². The monoisotopic (exact) mass is 279 g/mol. The molecule has 108 valence electrons. The fourth-order valence-corrected chi connectivity index (χ4v) is 2.03. The topological polar surface area (TPSA) is 76.1 Å². The molecule has 1 aliphatic rings. The number of hydrogen-bond donors (Lipinski definition) is 1. The Morgan fingerprint density at radius 3 is 2.50 bits per heavy atom. The van der Waals surface area contributed by atoms with Crippen LogP contribution in [0.15, 0.2) is 18.2 Å². The molecule has 1 aromatic rings. The van der Waals surface area contributed by atoms with Crippen LogP contribution in [0, 0.1) is 0 Å². The lowest BCUT2D eigenvalue weighted by atomic mass is 10.1. The van der Waals surface area contributed by atoms with Crippen molar-refractivity contribution in [1.82, 2.24) is 4.90 Å². The predicted octanol–water partition coefficient (Wildman–Crippen LogP) is 1.39. The summed E-state index contributed by atoms with van der Waals surface area (Å²) in [5.74, 6) is -0.426. The van der Waals surface area contributed by atoms with Gasteiger partial charge in [-0.05, 0) is 31.0 Å². The third-order valence-electron chi connectivity index (χ3n) is 3.19. The van der Waals surface area contributed by atoms with Gasteiger partial charge in [-0.15, -0.1) is 0 Å². The average Bonchev–Trinajstić information content (AvgIpc) is 3.27. The van der Waals surface area contributed by atoms with Crippen molar-refractivity contribution in [2.24, 2.45) is 0 Å². The maximum Gasteiger partial charge on any atom is 0.323 e. The lowest BCUT2D eigenvalue weighted by molar-refractivity contribution is -0.137. The van der Waals surface area contributed by atoms with Gasteiger partial charge in [0.15, 0.2) is 0 Å². The van der Waals surface area contributed by atoms with Gasteiger partial charge in [0.2, 0.25) is 0 Å². The minimum Gasteiger partial charge on any atom is -0.497 e. The molecule has 1 N–H and O–H groups in total. The number of hydrogen-bond acceptors (Lipinski definition) is 4. The maximum atomic E-state index is 12.5. The van der Waals surface area contributed by atoms with Gasteiger partial charge in [0.05, 0.1) is 19.8 Å². The van der Waals surface area contributed by atoms with E-state index in [1.807, 2.05) is 0 Å². The molecule has 1 aliphatic carbocycles. The van der Waals surface area contributed by atoms with Gasteiger partial charge >= 0.3 is 5.97 Å². The molecule has 1 fully saturated rings. The highest BCUT2D eigenvalue weighted by Crippen LogP contribution is 2.31. The van der Waals surface area contributed by atoms with E-state index in [0.717, 1.165) is 12.8 Å². The van der Waals surface area contributed by atoms with Gasteiger partial charge in [-0.1, -0.05) is 0 Å². The van der Waals surface area contributed by atoms with Gasteiger partial charge in [-0.25, -0.2) is 0 Å². The normalized spacial score (nSPS) is 13.7. The highest BCUT2D eigenvalue weighted by molar-refractivity contribution is 5.99. The number of carbonyl (C=O) groups excluding carboxylic acids is 1. The lowest BCUT2D eigenvalue weighted by Crippen LogP contribution is -2.37. The molecule has 0 spiro atoms. The Morgan fingerprint density at radius 1 is 1.30 bits per heavy atom. The van der Waals surface area contributed by atoms with Crippen molar-refractivity contribution in [1.29, 1.82) is 0 Å². The molecule has 0 aliphatic heterocycles. The number of aliphatic carboxylic acids is 1. The molecule has 0 bridgehead atoms. The Hall–Kier alpha value is -2.24. The predicted molar refractivity (Wildman–Crippen MR) is 71.2 cm³/mol. The first-order chi connectivity index (χ1) is 9.56. The van der Waals surface area contributed by atoms with E-state index in [9.17, 15) is 9.59 Å². The van der Waals surface area contributed by atoms with Crippen molar-refractivity contribution in [3.05, 3.63) is 23.8 Å². The second-order valence-electron chi connectivity index (χ2n) is 4.62. The van der Waals surface area contributed by atoms with E-state index in [2.05, 4.69) is 0 Å². The molecule has 0 heterocycles. The van der Waals surface area contributed by atoms with Gasteiger partial charge < -0.3 is 19.5 Å². The minimum atomic E-state index is -1.02. The molecular weight excluding hydrogens is 262 g/mol. The number of rotatable bonds is 6. The van der Waals surface area contributed by atoms with Crippen LogP contribution in [0.1, 0.15) is 23.2 Å². The quantitative estimate of drug-likeness (QED) is 0.851. The highest BCUT2D eigenvalue weighted by Gasteiger charge is 2.35. The summed E-state index contributed by atoms with van der Waals surface area (Å²) in [7, 11) is 2.98. The molecular formula is C14H17NO5. The minimum absolute atomic E-state index is 0.00880. The van der Waals surface area contributed by atoms with Crippen LogP contribution in [0.4, 0.5) is 0 Å². The molecule has 6 heteroatoms. The third-order valence-corrected chi connectivity index (χ3v) is 3.19. The fourth-order valence-electron chi connectivity index (χ4n) is 2.03. The summed E-state index contributed by atoms with van der Waals surface area (Å²) in [6.45, 7) is -0.302. The SMILES string of the molecule is COc1ccc(OC)c(C(=O)N(CC(=O)O)C2CC2)c1. The van der Waals surface area contributed by atoms with Crippen LogP contribution in [0.3, 0.4) is 0 Å². The summed E-state index contributed by atoms with van der Waals surface area (Å²) in [4.78, 5) is 24.8. The van der Waals surface area contributed by atoms with Crippen LogP contribution < -0.4 is 9.47 Å². The number of amides is 1. The number of ether oxygens (including phenoxy) is 2. The second kappa shape index (κ2) is 5.81. The van der Waals surface area contributed by atoms with Crippen molar-refractivity contribution in [3.8, 4) is 11.5 Å². The molecule has 6 nitrogen and oxygen atoms in total. The van der Waals surface area contributed by atoms with Crippen molar-refractivity contribution >= 4 is 11.9 Å². The van der Waals surface area contributed by atoms with E-state index in [-0.39, 0.29) is 18.5 Å². The van der Waals surface area contributed by atoms with Gasteiger partial charge in [0.1, 0.15) is 18.0 Å². The zero-order valence-corrected chi connectivity index (χ0v) is 11.5. The highest BCUT2D eigenvalue weighted by atomic mass is 16.5. The average molecular weight is 279 g/mol. The smallest absolute Gasteiger partial charge is 0.323 e. The number of nitrogens with zero attached hydrogens (tertiary/aromatic N) is 1. The molecule has 0 unspecified atom stereocenters. The first-order valence-corrected chi connectivity index (χ1v) is 6.31. The molecule has 0 aromatic heterocycles. The summed E-state index contributed by atoms with van der Waals surface area (Å²) in [6, 6.07) is 4.90. The second-order valence-corrected chi connectivity index (χ2v) is 4.62. The molecule has 20 heavy (non-hydrogen) atoms. The number of carbonyl (C=O) groups is 2. The van der Waals surface area contributed by atoms with E-state index in [1.54, 1.807) is 18.2 Å². The van der Waals surface area contributed by atoms with E-state index in [1.165, 1.54) is 19.1 Å². The fraction of sp³-hybridized carbons (Fsp3) is 0.429. The van der Waals surface area contributed by atoms with E-state index < -0.39 is 5.97 Å². The van der Waals surface area contributed by atoms with Crippen molar-refractivity contribution in [3.63, 3.8) is 0 Å². The number of carboxylic acids is 1. The maximum absolute atomic E-state index is 12.5. The Balaban J connectivity index is 2.32. The Kier molecular flexibility index (Phi) is 4.12. The van der Waals surface area contributed by atoms with Crippen LogP contribution in [0.25, 0.3) is 0 Å². The Labute approximate surface area is 116 Å². The molecule has 0 saturated heterocycles. The Bertz CT molecular complexity index is 524. The first kappa shape index (κ1) is 14.2. The lowest BCUT2D eigenvalue weighted by Gasteiger charge is -2.21. The van der Waals surface area contributed by atoms with Gasteiger partial charge in [0, 0.05) is 6.04 Å². The summed E-state index contributed by atoms with van der Waals surface area (Å²) in [6.07, 6.45) is 1.68. The van der Waals surface area contributed by atoms with Gasteiger partial charge in [-0.3, -0.25) is 9.59 Å². The summed E-state index contributed by atoms with van der Waals surface area (Å²) in [5, 5.41) is 8.93. The van der Waals surface area contributed by atoms with E-state index in [4.69, 9.17) is 14.6 Å². The summed E-state index contributed by atoms with van der Waals surface area (Å²) in [5.41, 5.74) is 0.319. The largest absolute Gasteiger partial charge is 0.497 e. The standard InChI is InChI=1S/C14H17NO5/c1-19-10-5-6-12(20-2)11(7-10)14(18)15(8-13(16)17)9-3-4-9/h5-7,9H,3-4,8H2,1-2H3,(H,16,17). The van der Waals surface area contributed by atoms with E-state index in [0.29, 0.717) is 17.1 Å². The van der Waals surface area contributed by atoms with Crippen molar-refractivity contribution < 1.29 is 24.2 Å². The van der Waals surface area contributed by atoms with Crippen molar-refractivity contribution in [2.45, 2.75) is 18.9 Å². The van der Waals surface area contributed by atoms with Crippen LogP contribution in [0.2, 0.25) is 0 Å². The summed E-state index contributed by atoms with van der Waals surface area (Å²) < 4.78 is 10.3. The first-order valence-electron chi connectivity index (χ1n) is 6.31. The third kappa shape index (κ3) is 3.01. The molecule has 2 rings (SSSR count). The zero-order chi connectivity index (χ0) is 14.7. The van der Waals surface area contributed by atoms with Gasteiger partial charge in [-0.2, -0.15) is 0 Å². The van der Waals surface area contributed by atoms with Crippen LogP contribution >= 0.6 is 0 Å². The molecule has 0 atom stereocenters. The number of benzene rings is 1. The Morgan fingerprint density at radius 2 is 2.00 bits per heavy atom.